The number of rotatable bonds is 6. The van der Waals surface area contributed by atoms with Gasteiger partial charge in [-0.25, -0.2) is 4.98 Å². The first-order chi connectivity index (χ1) is 15.8. The first-order valence-electron chi connectivity index (χ1n) is 11.2. The van der Waals surface area contributed by atoms with Crippen molar-refractivity contribution in [1.29, 1.82) is 0 Å². The number of nitrogens with zero attached hydrogens (tertiary/aromatic N) is 3. The number of likely N-dealkylation sites (tertiary alicyclic amines) is 1. The van der Waals surface area contributed by atoms with Gasteiger partial charge in [-0.15, -0.1) is 0 Å². The highest BCUT2D eigenvalue weighted by molar-refractivity contribution is 6.07. The zero-order valence-electron chi connectivity index (χ0n) is 18.0. The molecule has 0 aliphatic carbocycles. The van der Waals surface area contributed by atoms with Gasteiger partial charge in [-0.3, -0.25) is 14.7 Å². The van der Waals surface area contributed by atoms with Crippen LogP contribution in [0.2, 0.25) is 0 Å². The highest BCUT2D eigenvalue weighted by atomic mass is 16.1. The van der Waals surface area contributed by atoms with Gasteiger partial charge in [-0.1, -0.05) is 42.5 Å². The van der Waals surface area contributed by atoms with Crippen molar-refractivity contribution in [3.63, 3.8) is 0 Å². The fraction of sp³-hybridized carbons (Fsp3) is 0.222. The number of pyridine rings is 2. The Morgan fingerprint density at radius 1 is 0.938 bits per heavy atom. The lowest BCUT2D eigenvalue weighted by Gasteiger charge is -2.18. The molecule has 0 spiro atoms. The van der Waals surface area contributed by atoms with E-state index in [4.69, 9.17) is 4.98 Å². The predicted molar refractivity (Wildman–Crippen MR) is 127 cm³/mol. The lowest BCUT2D eigenvalue weighted by atomic mass is 10.0. The SMILES string of the molecule is O=C(NCc1ccccc1CN1CCCC1)c1cc(-c2cccnc2)nc2ccccc12. The molecule has 160 valence electrons. The molecule has 0 radical (unpaired) electrons. The van der Waals surface area contributed by atoms with E-state index in [1.54, 1.807) is 12.4 Å². The summed E-state index contributed by atoms with van der Waals surface area (Å²) < 4.78 is 0. The molecular formula is C27H26N4O. The third kappa shape index (κ3) is 4.39. The van der Waals surface area contributed by atoms with Gasteiger partial charge in [-0.05, 0) is 61.3 Å². The van der Waals surface area contributed by atoms with Crippen molar-refractivity contribution < 1.29 is 4.79 Å². The van der Waals surface area contributed by atoms with Gasteiger partial charge < -0.3 is 5.32 Å². The van der Waals surface area contributed by atoms with Crippen LogP contribution >= 0.6 is 0 Å². The minimum absolute atomic E-state index is 0.0929. The normalized spacial score (nSPS) is 14.0. The summed E-state index contributed by atoms with van der Waals surface area (Å²) in [6.45, 7) is 3.75. The maximum absolute atomic E-state index is 13.3. The van der Waals surface area contributed by atoms with E-state index in [-0.39, 0.29) is 5.91 Å². The number of nitrogens with one attached hydrogen (secondary N) is 1. The Bertz CT molecular complexity index is 1230. The van der Waals surface area contributed by atoms with Gasteiger partial charge in [0.2, 0.25) is 0 Å². The number of carbonyl (C=O) groups excluding carboxylic acids is 1. The average molecular weight is 423 g/mol. The van der Waals surface area contributed by atoms with E-state index in [1.807, 2.05) is 48.5 Å². The van der Waals surface area contributed by atoms with E-state index >= 15 is 0 Å². The maximum atomic E-state index is 13.3. The van der Waals surface area contributed by atoms with Crippen molar-refractivity contribution in [2.24, 2.45) is 0 Å². The summed E-state index contributed by atoms with van der Waals surface area (Å²) in [6, 6.07) is 21.9. The van der Waals surface area contributed by atoms with Crippen LogP contribution in [-0.4, -0.2) is 33.9 Å². The fourth-order valence-electron chi connectivity index (χ4n) is 4.36. The minimum Gasteiger partial charge on any atom is -0.348 e. The number of para-hydroxylation sites is 1. The summed E-state index contributed by atoms with van der Waals surface area (Å²) in [5, 5.41) is 4.00. The third-order valence-electron chi connectivity index (χ3n) is 6.07. The van der Waals surface area contributed by atoms with Gasteiger partial charge in [-0.2, -0.15) is 0 Å². The van der Waals surface area contributed by atoms with Gasteiger partial charge >= 0.3 is 0 Å². The second-order valence-electron chi connectivity index (χ2n) is 8.25. The van der Waals surface area contributed by atoms with Crippen LogP contribution in [0, 0.1) is 0 Å². The molecule has 1 aliphatic heterocycles. The molecule has 2 aromatic carbocycles. The van der Waals surface area contributed by atoms with E-state index in [2.05, 4.69) is 33.4 Å². The maximum Gasteiger partial charge on any atom is 0.252 e. The second kappa shape index (κ2) is 9.28. The van der Waals surface area contributed by atoms with E-state index in [0.29, 0.717) is 12.1 Å². The topological polar surface area (TPSA) is 58.1 Å². The summed E-state index contributed by atoms with van der Waals surface area (Å²) in [6.07, 6.45) is 6.05. The van der Waals surface area contributed by atoms with Crippen molar-refractivity contribution in [3.05, 3.63) is 95.8 Å². The summed E-state index contributed by atoms with van der Waals surface area (Å²) in [7, 11) is 0. The van der Waals surface area contributed by atoms with Crippen LogP contribution in [0.5, 0.6) is 0 Å². The molecule has 0 atom stereocenters. The first-order valence-corrected chi connectivity index (χ1v) is 11.2. The average Bonchev–Trinajstić information content (AvgIpc) is 3.36. The first kappa shape index (κ1) is 20.3. The fourth-order valence-corrected chi connectivity index (χ4v) is 4.36. The van der Waals surface area contributed by atoms with Crippen molar-refractivity contribution in [2.75, 3.05) is 13.1 Å². The Labute approximate surface area is 188 Å². The quantitative estimate of drug-likeness (QED) is 0.484. The number of benzene rings is 2. The van der Waals surface area contributed by atoms with Gasteiger partial charge in [0.25, 0.3) is 5.91 Å². The Morgan fingerprint density at radius 3 is 2.53 bits per heavy atom. The molecule has 3 heterocycles. The molecule has 1 amide bonds. The lowest BCUT2D eigenvalue weighted by molar-refractivity contribution is 0.0952. The van der Waals surface area contributed by atoms with Gasteiger partial charge in [0.05, 0.1) is 16.8 Å². The molecule has 5 heteroatoms. The zero-order chi connectivity index (χ0) is 21.8. The molecular weight excluding hydrogens is 396 g/mol. The monoisotopic (exact) mass is 422 g/mol. The summed E-state index contributed by atoms with van der Waals surface area (Å²) in [5.74, 6) is -0.0929. The Kier molecular flexibility index (Phi) is 5.90. The van der Waals surface area contributed by atoms with E-state index in [9.17, 15) is 4.79 Å². The van der Waals surface area contributed by atoms with Gasteiger partial charge in [0.15, 0.2) is 0 Å². The molecule has 5 nitrogen and oxygen atoms in total. The van der Waals surface area contributed by atoms with Crippen LogP contribution in [0.4, 0.5) is 0 Å². The van der Waals surface area contributed by atoms with Crippen molar-refractivity contribution in [1.82, 2.24) is 20.2 Å². The largest absolute Gasteiger partial charge is 0.348 e. The van der Waals surface area contributed by atoms with Crippen molar-refractivity contribution in [2.45, 2.75) is 25.9 Å². The third-order valence-corrected chi connectivity index (χ3v) is 6.07. The molecule has 1 saturated heterocycles. The molecule has 0 bridgehead atoms. The predicted octanol–water partition coefficient (Wildman–Crippen LogP) is 4.82. The van der Waals surface area contributed by atoms with Crippen LogP contribution < -0.4 is 5.32 Å². The van der Waals surface area contributed by atoms with Gasteiger partial charge in [0, 0.05) is 36.4 Å². The standard InChI is InChI=1S/C27H26N4O/c32-27(29-18-20-8-1-2-9-22(20)19-31-14-5-6-15-31)24-16-26(21-10-7-13-28-17-21)30-25-12-4-3-11-23(24)25/h1-4,7-13,16-17H,5-6,14-15,18-19H2,(H,29,32). The van der Waals surface area contributed by atoms with Crippen LogP contribution in [0.3, 0.4) is 0 Å². The van der Waals surface area contributed by atoms with Crippen LogP contribution in [0.25, 0.3) is 22.2 Å². The second-order valence-corrected chi connectivity index (χ2v) is 8.25. The zero-order valence-corrected chi connectivity index (χ0v) is 18.0. The number of amides is 1. The molecule has 0 saturated carbocycles. The number of hydrogen-bond acceptors (Lipinski definition) is 4. The Balaban J connectivity index is 1.41. The van der Waals surface area contributed by atoms with E-state index in [1.165, 1.54) is 24.0 Å². The molecule has 5 rings (SSSR count). The van der Waals surface area contributed by atoms with Crippen molar-refractivity contribution >= 4 is 16.8 Å². The number of fused-ring (bicyclic) bond motifs is 1. The lowest BCUT2D eigenvalue weighted by Crippen LogP contribution is -2.25. The molecule has 2 aromatic heterocycles. The number of hydrogen-bond donors (Lipinski definition) is 1. The molecule has 1 aliphatic rings. The number of aromatic nitrogens is 2. The summed E-state index contributed by atoms with van der Waals surface area (Å²) >= 11 is 0. The smallest absolute Gasteiger partial charge is 0.252 e. The molecule has 32 heavy (non-hydrogen) atoms. The van der Waals surface area contributed by atoms with Crippen LogP contribution in [0.1, 0.15) is 34.3 Å². The highest BCUT2D eigenvalue weighted by Gasteiger charge is 2.16. The molecule has 4 aromatic rings. The van der Waals surface area contributed by atoms with Gasteiger partial charge in [0.1, 0.15) is 0 Å². The molecule has 1 fully saturated rings. The Hall–Kier alpha value is -3.57. The summed E-state index contributed by atoms with van der Waals surface area (Å²) in [4.78, 5) is 24.7. The molecule has 0 unspecified atom stereocenters. The van der Waals surface area contributed by atoms with Crippen molar-refractivity contribution in [3.8, 4) is 11.3 Å². The summed E-state index contributed by atoms with van der Waals surface area (Å²) in [5.41, 5.74) is 5.52. The highest BCUT2D eigenvalue weighted by Crippen LogP contribution is 2.24. The minimum atomic E-state index is -0.0929. The van der Waals surface area contributed by atoms with E-state index < -0.39 is 0 Å². The van der Waals surface area contributed by atoms with Crippen LogP contribution in [0.15, 0.2) is 79.1 Å². The number of carbonyl (C=O) groups is 1. The molecule has 1 N–H and O–H groups in total. The van der Waals surface area contributed by atoms with E-state index in [0.717, 1.165) is 41.8 Å². The van der Waals surface area contributed by atoms with Crippen LogP contribution in [-0.2, 0) is 13.1 Å². The Morgan fingerprint density at radius 2 is 1.72 bits per heavy atom.